The minimum absolute atomic E-state index is 0.248. The summed E-state index contributed by atoms with van der Waals surface area (Å²) in [6, 6.07) is 12.8. The van der Waals surface area contributed by atoms with E-state index in [0.29, 0.717) is 9.92 Å². The van der Waals surface area contributed by atoms with Crippen LogP contribution in [0.5, 0.6) is 0 Å². The molecule has 0 bridgehead atoms. The summed E-state index contributed by atoms with van der Waals surface area (Å²) in [7, 11) is 0. The lowest BCUT2D eigenvalue weighted by Crippen LogP contribution is -1.99. The summed E-state index contributed by atoms with van der Waals surface area (Å²) in [6.07, 6.45) is 1.69. The topological polar surface area (TPSA) is 63.1 Å². The molecule has 0 atom stereocenters. The highest BCUT2D eigenvalue weighted by atomic mass is 79.9. The third-order valence-electron chi connectivity index (χ3n) is 2.92. The van der Waals surface area contributed by atoms with Gasteiger partial charge in [0.15, 0.2) is 0 Å². The molecule has 0 aliphatic heterocycles. The van der Waals surface area contributed by atoms with Crippen LogP contribution in [-0.4, -0.2) is 21.3 Å². The minimum atomic E-state index is -0.960. The summed E-state index contributed by atoms with van der Waals surface area (Å²) in [6.45, 7) is 0. The fraction of sp³-hybridized carbons (Fsp3) is 0. The molecule has 3 aromatic rings. The fourth-order valence-corrected chi connectivity index (χ4v) is 3.49. The van der Waals surface area contributed by atoms with Crippen LogP contribution in [0.4, 0.5) is 0 Å². The first kappa shape index (κ1) is 14.0. The molecule has 4 nitrogen and oxygen atoms in total. The van der Waals surface area contributed by atoms with Crippen LogP contribution in [0.25, 0.3) is 10.8 Å². The quantitative estimate of drug-likeness (QED) is 0.756. The van der Waals surface area contributed by atoms with Crippen molar-refractivity contribution in [3.05, 3.63) is 58.7 Å². The van der Waals surface area contributed by atoms with E-state index in [-0.39, 0.29) is 5.56 Å². The van der Waals surface area contributed by atoms with Gasteiger partial charge in [-0.2, -0.15) is 5.10 Å². The highest BCUT2D eigenvalue weighted by molar-refractivity contribution is 9.10. The predicted molar refractivity (Wildman–Crippen MR) is 84.8 cm³/mol. The number of aromatic nitrogens is 2. The maximum atomic E-state index is 11.3. The van der Waals surface area contributed by atoms with E-state index in [4.69, 9.17) is 0 Å². The number of fused-ring (bicyclic) bond motifs is 1. The Kier molecular flexibility index (Phi) is 3.90. The molecule has 0 fully saturated rings. The molecule has 1 heterocycles. The SMILES string of the molecule is O=C(O)c1ccc(Br)cc1Sc1nncc2ccccc12. The molecule has 0 saturated heterocycles. The van der Waals surface area contributed by atoms with Crippen molar-refractivity contribution in [1.82, 2.24) is 10.2 Å². The zero-order valence-corrected chi connectivity index (χ0v) is 13.1. The molecule has 0 aliphatic rings. The Morgan fingerprint density at radius 1 is 1.19 bits per heavy atom. The smallest absolute Gasteiger partial charge is 0.336 e. The lowest BCUT2D eigenvalue weighted by molar-refractivity contribution is 0.0693. The molecule has 21 heavy (non-hydrogen) atoms. The second kappa shape index (κ2) is 5.83. The third-order valence-corrected chi connectivity index (χ3v) is 4.46. The summed E-state index contributed by atoms with van der Waals surface area (Å²) < 4.78 is 0.822. The number of nitrogens with zero attached hydrogens (tertiary/aromatic N) is 2. The van der Waals surface area contributed by atoms with Crippen molar-refractivity contribution in [1.29, 1.82) is 0 Å². The van der Waals surface area contributed by atoms with Crippen LogP contribution >= 0.6 is 27.7 Å². The van der Waals surface area contributed by atoms with E-state index in [2.05, 4.69) is 26.1 Å². The van der Waals surface area contributed by atoms with Crippen LogP contribution in [0, 0.1) is 0 Å². The summed E-state index contributed by atoms with van der Waals surface area (Å²) >= 11 is 4.67. The second-order valence-electron chi connectivity index (χ2n) is 4.28. The first-order chi connectivity index (χ1) is 10.1. The van der Waals surface area contributed by atoms with E-state index >= 15 is 0 Å². The molecule has 3 rings (SSSR count). The lowest BCUT2D eigenvalue weighted by atomic mass is 10.2. The number of aromatic carboxylic acids is 1. The molecule has 104 valence electrons. The minimum Gasteiger partial charge on any atom is -0.478 e. The van der Waals surface area contributed by atoms with Crippen molar-refractivity contribution in [2.75, 3.05) is 0 Å². The molecule has 6 heteroatoms. The monoisotopic (exact) mass is 360 g/mol. The van der Waals surface area contributed by atoms with Crippen molar-refractivity contribution < 1.29 is 9.90 Å². The van der Waals surface area contributed by atoms with E-state index in [1.165, 1.54) is 11.8 Å². The maximum absolute atomic E-state index is 11.3. The van der Waals surface area contributed by atoms with Crippen molar-refractivity contribution in [2.45, 2.75) is 9.92 Å². The Morgan fingerprint density at radius 3 is 2.81 bits per heavy atom. The summed E-state index contributed by atoms with van der Waals surface area (Å²) in [5.74, 6) is -0.960. The van der Waals surface area contributed by atoms with Crippen LogP contribution in [-0.2, 0) is 0 Å². The van der Waals surface area contributed by atoms with Gasteiger partial charge in [0.2, 0.25) is 0 Å². The van der Waals surface area contributed by atoms with Gasteiger partial charge >= 0.3 is 5.97 Å². The van der Waals surface area contributed by atoms with Gasteiger partial charge in [0.1, 0.15) is 5.03 Å². The van der Waals surface area contributed by atoms with Gasteiger partial charge < -0.3 is 5.11 Å². The Morgan fingerprint density at radius 2 is 2.00 bits per heavy atom. The number of carboxylic acids is 1. The van der Waals surface area contributed by atoms with Gasteiger partial charge in [0.25, 0.3) is 0 Å². The van der Waals surface area contributed by atoms with Gasteiger partial charge in [-0.1, -0.05) is 52.0 Å². The number of hydrogen-bond donors (Lipinski definition) is 1. The van der Waals surface area contributed by atoms with Crippen molar-refractivity contribution in [3.63, 3.8) is 0 Å². The number of halogens is 1. The average molecular weight is 361 g/mol. The van der Waals surface area contributed by atoms with Crippen LogP contribution in [0.2, 0.25) is 0 Å². The Labute approximate surface area is 133 Å². The number of carboxylic acid groups (broad SMARTS) is 1. The van der Waals surface area contributed by atoms with Crippen molar-refractivity contribution in [3.8, 4) is 0 Å². The van der Waals surface area contributed by atoms with E-state index in [9.17, 15) is 9.90 Å². The molecular weight excluding hydrogens is 352 g/mol. The molecule has 0 saturated carbocycles. The third kappa shape index (κ3) is 2.91. The fourth-order valence-electron chi connectivity index (χ4n) is 1.94. The molecule has 2 aromatic carbocycles. The van der Waals surface area contributed by atoms with E-state index in [0.717, 1.165) is 15.2 Å². The largest absolute Gasteiger partial charge is 0.478 e. The molecule has 0 amide bonds. The molecule has 1 aromatic heterocycles. The van der Waals surface area contributed by atoms with Crippen LogP contribution in [0.15, 0.2) is 63.1 Å². The number of hydrogen-bond acceptors (Lipinski definition) is 4. The normalized spacial score (nSPS) is 10.7. The van der Waals surface area contributed by atoms with Gasteiger partial charge in [-0.3, -0.25) is 0 Å². The molecular formula is C15H9BrN2O2S. The van der Waals surface area contributed by atoms with Crippen LogP contribution in [0.3, 0.4) is 0 Å². The summed E-state index contributed by atoms with van der Waals surface area (Å²) in [4.78, 5) is 11.9. The number of rotatable bonds is 3. The number of carbonyl (C=O) groups is 1. The van der Waals surface area contributed by atoms with Gasteiger partial charge in [0, 0.05) is 20.1 Å². The van der Waals surface area contributed by atoms with Gasteiger partial charge in [-0.15, -0.1) is 5.10 Å². The standard InChI is InChI=1S/C15H9BrN2O2S/c16-10-5-6-12(15(19)20)13(7-10)21-14-11-4-2-1-3-9(11)8-17-18-14/h1-8H,(H,19,20). The lowest BCUT2D eigenvalue weighted by Gasteiger charge is -2.07. The Balaban J connectivity index is 2.11. The maximum Gasteiger partial charge on any atom is 0.336 e. The highest BCUT2D eigenvalue weighted by Gasteiger charge is 2.14. The van der Waals surface area contributed by atoms with Crippen molar-refractivity contribution >= 4 is 44.4 Å². The summed E-state index contributed by atoms with van der Waals surface area (Å²) in [5, 5.41) is 20.0. The van der Waals surface area contributed by atoms with Gasteiger partial charge in [-0.25, -0.2) is 4.79 Å². The van der Waals surface area contributed by atoms with E-state index in [1.807, 2.05) is 24.3 Å². The van der Waals surface area contributed by atoms with Crippen molar-refractivity contribution in [2.24, 2.45) is 0 Å². The second-order valence-corrected chi connectivity index (χ2v) is 6.23. The summed E-state index contributed by atoms with van der Waals surface area (Å²) in [5.41, 5.74) is 0.248. The molecule has 0 spiro atoms. The predicted octanol–water partition coefficient (Wildman–Crippen LogP) is 4.24. The molecule has 0 radical (unpaired) electrons. The van der Waals surface area contributed by atoms with Gasteiger partial charge in [0.05, 0.1) is 11.8 Å². The Bertz CT molecular complexity index is 834. The first-order valence-corrected chi connectivity index (χ1v) is 7.67. The van der Waals surface area contributed by atoms with Gasteiger partial charge in [-0.05, 0) is 18.2 Å². The molecule has 1 N–H and O–H groups in total. The van der Waals surface area contributed by atoms with Crippen LogP contribution in [0.1, 0.15) is 10.4 Å². The molecule has 0 aliphatic carbocycles. The molecule has 0 unspecified atom stereocenters. The van der Waals surface area contributed by atoms with Crippen LogP contribution < -0.4 is 0 Å². The zero-order valence-electron chi connectivity index (χ0n) is 10.7. The Hall–Kier alpha value is -1.92. The first-order valence-electron chi connectivity index (χ1n) is 6.06. The zero-order chi connectivity index (χ0) is 14.8. The average Bonchev–Trinajstić information content (AvgIpc) is 2.47. The van der Waals surface area contributed by atoms with E-state index < -0.39 is 5.97 Å². The van der Waals surface area contributed by atoms with E-state index in [1.54, 1.807) is 24.4 Å². The highest BCUT2D eigenvalue weighted by Crippen LogP contribution is 2.34. The number of benzene rings is 2.